The third-order valence-corrected chi connectivity index (χ3v) is 3.96. The van der Waals surface area contributed by atoms with Crippen molar-refractivity contribution in [3.05, 3.63) is 30.0 Å². The number of carboxylic acid groups (broad SMARTS) is 1. The number of amides is 3. The number of likely N-dealkylation sites (N-methyl/N-ethyl adjacent to an activating group) is 1. The second-order valence-corrected chi connectivity index (χ2v) is 6.29. The Labute approximate surface area is 167 Å². The van der Waals surface area contributed by atoms with Crippen LogP contribution in [-0.4, -0.2) is 65.4 Å². The molecule has 3 rings (SSSR count). The first-order valence-electron chi connectivity index (χ1n) is 8.92. The van der Waals surface area contributed by atoms with Gasteiger partial charge >= 0.3 is 12.1 Å². The van der Waals surface area contributed by atoms with E-state index in [0.717, 1.165) is 4.90 Å². The molecule has 0 spiro atoms. The number of fused-ring (bicyclic) bond motifs is 1. The van der Waals surface area contributed by atoms with Gasteiger partial charge in [-0.15, -0.1) is 0 Å². The average molecular weight is 402 g/mol. The molecule has 2 aromatic rings. The number of urea groups is 1. The Morgan fingerprint density at radius 2 is 1.90 bits per heavy atom. The van der Waals surface area contributed by atoms with Crippen molar-refractivity contribution in [2.45, 2.75) is 6.92 Å². The smallest absolute Gasteiger partial charge is 0.407 e. The highest BCUT2D eigenvalue weighted by atomic mass is 16.6. The normalized spacial score (nSPS) is 12.1. The van der Waals surface area contributed by atoms with Gasteiger partial charge in [0.15, 0.2) is 11.5 Å². The van der Waals surface area contributed by atoms with Crippen molar-refractivity contribution in [2.24, 2.45) is 0 Å². The van der Waals surface area contributed by atoms with E-state index in [0.29, 0.717) is 48.5 Å². The van der Waals surface area contributed by atoms with Crippen molar-refractivity contribution in [1.29, 1.82) is 0 Å². The van der Waals surface area contributed by atoms with Gasteiger partial charge in [0, 0.05) is 43.7 Å². The van der Waals surface area contributed by atoms with Crippen molar-refractivity contribution in [3.8, 4) is 11.5 Å². The zero-order chi connectivity index (χ0) is 20.8. The minimum absolute atomic E-state index is 0.120. The minimum Gasteiger partial charge on any atom is -0.486 e. The lowest BCUT2D eigenvalue weighted by molar-refractivity contribution is 0.157. The van der Waals surface area contributed by atoms with E-state index in [1.807, 2.05) is 0 Å². The van der Waals surface area contributed by atoms with E-state index in [1.165, 1.54) is 7.05 Å². The first-order valence-corrected chi connectivity index (χ1v) is 8.92. The molecule has 0 bridgehead atoms. The van der Waals surface area contributed by atoms with Crippen LogP contribution < -0.4 is 25.4 Å². The second-order valence-electron chi connectivity index (χ2n) is 6.29. The number of nitrogens with one attached hydrogen (secondary N) is 3. The Hall–Kier alpha value is -3.76. The highest BCUT2D eigenvalue weighted by Gasteiger charge is 2.13. The fourth-order valence-electron chi connectivity index (χ4n) is 2.55. The Balaban J connectivity index is 1.58. The Morgan fingerprint density at radius 3 is 2.66 bits per heavy atom. The molecule has 0 radical (unpaired) electrons. The maximum Gasteiger partial charge on any atom is 0.407 e. The molecule has 0 atom stereocenters. The molecule has 29 heavy (non-hydrogen) atoms. The monoisotopic (exact) mass is 402 g/mol. The number of benzene rings is 1. The third-order valence-electron chi connectivity index (χ3n) is 3.96. The average Bonchev–Trinajstić information content (AvgIpc) is 2.67. The molecule has 1 aromatic carbocycles. The lowest BCUT2D eigenvalue weighted by Crippen LogP contribution is -2.30. The molecule has 0 fully saturated rings. The number of carbonyl (C=O) groups is 2. The number of hydrogen-bond acceptors (Lipinski definition) is 7. The van der Waals surface area contributed by atoms with E-state index in [2.05, 4.69) is 25.9 Å². The van der Waals surface area contributed by atoms with E-state index in [-0.39, 0.29) is 12.5 Å². The topological polar surface area (TPSA) is 138 Å². The SMILES string of the molecule is Cc1cc(NCCN(C)C(=O)O)nc(NC(=O)Nc2ccc3c(c2)OCCO3)n1. The van der Waals surface area contributed by atoms with Gasteiger partial charge in [-0.05, 0) is 19.1 Å². The third kappa shape index (κ3) is 5.61. The summed E-state index contributed by atoms with van der Waals surface area (Å²) in [5, 5.41) is 17.1. The van der Waals surface area contributed by atoms with Crippen LogP contribution in [0.4, 0.5) is 27.0 Å². The van der Waals surface area contributed by atoms with E-state index >= 15 is 0 Å². The van der Waals surface area contributed by atoms with Gasteiger partial charge in [0.25, 0.3) is 0 Å². The summed E-state index contributed by atoms with van der Waals surface area (Å²) in [5.74, 6) is 1.80. The van der Waals surface area contributed by atoms with Crippen LogP contribution in [0.15, 0.2) is 24.3 Å². The van der Waals surface area contributed by atoms with E-state index in [1.54, 1.807) is 31.2 Å². The van der Waals surface area contributed by atoms with Gasteiger partial charge < -0.3 is 30.1 Å². The van der Waals surface area contributed by atoms with Crippen LogP contribution in [0.25, 0.3) is 0 Å². The number of carbonyl (C=O) groups excluding carboxylic acids is 1. The summed E-state index contributed by atoms with van der Waals surface area (Å²) in [6, 6.07) is 6.30. The quantitative estimate of drug-likeness (QED) is 0.577. The zero-order valence-electron chi connectivity index (χ0n) is 16.1. The molecule has 1 aliphatic rings. The summed E-state index contributed by atoms with van der Waals surface area (Å²) in [7, 11) is 1.48. The summed E-state index contributed by atoms with van der Waals surface area (Å²) < 4.78 is 10.9. The molecule has 0 saturated carbocycles. The van der Waals surface area contributed by atoms with Gasteiger partial charge in [-0.3, -0.25) is 5.32 Å². The van der Waals surface area contributed by atoms with E-state index in [9.17, 15) is 9.59 Å². The molecule has 154 valence electrons. The molecule has 4 N–H and O–H groups in total. The van der Waals surface area contributed by atoms with Crippen LogP contribution >= 0.6 is 0 Å². The number of aryl methyl sites for hydroxylation is 1. The zero-order valence-corrected chi connectivity index (χ0v) is 16.1. The lowest BCUT2D eigenvalue weighted by Gasteiger charge is -2.19. The van der Waals surface area contributed by atoms with Crippen LogP contribution in [0.2, 0.25) is 0 Å². The number of nitrogens with zero attached hydrogens (tertiary/aromatic N) is 3. The van der Waals surface area contributed by atoms with Crippen molar-refractivity contribution >= 4 is 29.6 Å². The number of aromatic nitrogens is 2. The summed E-state index contributed by atoms with van der Waals surface area (Å²) in [5.41, 5.74) is 1.18. The van der Waals surface area contributed by atoms with Crippen LogP contribution in [0.3, 0.4) is 0 Å². The molecule has 11 heteroatoms. The number of anilines is 3. The highest BCUT2D eigenvalue weighted by Crippen LogP contribution is 2.32. The van der Waals surface area contributed by atoms with Crippen LogP contribution in [-0.2, 0) is 0 Å². The molecular weight excluding hydrogens is 380 g/mol. The molecule has 0 unspecified atom stereocenters. The Morgan fingerprint density at radius 1 is 1.14 bits per heavy atom. The Bertz CT molecular complexity index is 906. The summed E-state index contributed by atoms with van der Waals surface area (Å²) >= 11 is 0. The van der Waals surface area contributed by atoms with Crippen molar-refractivity contribution in [2.75, 3.05) is 49.3 Å². The van der Waals surface area contributed by atoms with Crippen molar-refractivity contribution in [3.63, 3.8) is 0 Å². The van der Waals surface area contributed by atoms with E-state index < -0.39 is 12.1 Å². The fraction of sp³-hybridized carbons (Fsp3) is 0.333. The lowest BCUT2D eigenvalue weighted by atomic mass is 10.2. The maximum absolute atomic E-state index is 12.3. The first kappa shape index (κ1) is 20.0. The molecule has 0 aliphatic carbocycles. The summed E-state index contributed by atoms with van der Waals surface area (Å²) in [6.45, 7) is 3.36. The van der Waals surface area contributed by atoms with Crippen LogP contribution in [0.5, 0.6) is 11.5 Å². The molecule has 11 nitrogen and oxygen atoms in total. The largest absolute Gasteiger partial charge is 0.486 e. The maximum atomic E-state index is 12.3. The van der Waals surface area contributed by atoms with Gasteiger partial charge in [-0.2, -0.15) is 4.98 Å². The Kier molecular flexibility index (Phi) is 6.17. The van der Waals surface area contributed by atoms with Gasteiger partial charge in [-0.1, -0.05) is 0 Å². The van der Waals surface area contributed by atoms with Crippen molar-refractivity contribution in [1.82, 2.24) is 14.9 Å². The first-order chi connectivity index (χ1) is 13.9. The van der Waals surface area contributed by atoms with Crippen LogP contribution in [0, 0.1) is 6.92 Å². The minimum atomic E-state index is -1.01. The van der Waals surface area contributed by atoms with E-state index in [4.69, 9.17) is 14.6 Å². The van der Waals surface area contributed by atoms with Gasteiger partial charge in [-0.25, -0.2) is 14.6 Å². The predicted molar refractivity (Wildman–Crippen MR) is 106 cm³/mol. The standard InChI is InChI=1S/C18H22N6O5/c1-11-9-15(19-5-6-24(2)18(26)27)22-16(20-11)23-17(25)21-12-3-4-13-14(10-12)29-8-7-28-13/h3-4,9-10H,5-8H2,1-2H3,(H,26,27)(H3,19,20,21,22,23,25). The molecular formula is C18H22N6O5. The second kappa shape index (κ2) is 8.95. The fourth-order valence-corrected chi connectivity index (χ4v) is 2.55. The molecule has 0 saturated heterocycles. The van der Waals surface area contributed by atoms with Gasteiger partial charge in [0.2, 0.25) is 5.95 Å². The number of ether oxygens (including phenoxy) is 2. The predicted octanol–water partition coefficient (Wildman–Crippen LogP) is 2.22. The molecule has 1 aliphatic heterocycles. The van der Waals surface area contributed by atoms with Crippen LogP contribution in [0.1, 0.15) is 5.69 Å². The molecule has 1 aromatic heterocycles. The molecule has 3 amide bonds. The molecule has 2 heterocycles. The van der Waals surface area contributed by atoms with Gasteiger partial charge in [0.05, 0.1) is 0 Å². The number of hydrogen-bond donors (Lipinski definition) is 4. The summed E-state index contributed by atoms with van der Waals surface area (Å²) in [4.78, 5) is 32.6. The van der Waals surface area contributed by atoms with Crippen molar-refractivity contribution < 1.29 is 24.2 Å². The summed E-state index contributed by atoms with van der Waals surface area (Å²) in [6.07, 6.45) is -1.01. The number of rotatable bonds is 6. The van der Waals surface area contributed by atoms with Gasteiger partial charge in [0.1, 0.15) is 19.0 Å². The highest BCUT2D eigenvalue weighted by molar-refractivity contribution is 5.98.